The van der Waals surface area contributed by atoms with Crippen molar-refractivity contribution in [1.29, 1.82) is 0 Å². The molecule has 1 saturated heterocycles. The van der Waals surface area contributed by atoms with E-state index < -0.39 is 0 Å². The van der Waals surface area contributed by atoms with Gasteiger partial charge in [0, 0.05) is 41.9 Å². The normalized spacial score (nSPS) is 20.7. The van der Waals surface area contributed by atoms with E-state index in [2.05, 4.69) is 52.2 Å². The molecule has 2 aliphatic rings. The number of aryl methyl sites for hydroxylation is 2. The van der Waals surface area contributed by atoms with E-state index in [1.807, 2.05) is 17.8 Å². The Morgan fingerprint density at radius 1 is 1.25 bits per heavy atom. The molecule has 1 aromatic heterocycles. The maximum Gasteiger partial charge on any atom is 0.285 e. The molecule has 2 aromatic rings. The molecule has 3 nitrogen and oxygen atoms in total. The van der Waals surface area contributed by atoms with Crippen LogP contribution in [0, 0.1) is 0 Å². The van der Waals surface area contributed by atoms with Crippen LogP contribution in [0.5, 0.6) is 0 Å². The molecular formula is C19H23ClN3S+. The first-order valence-electron chi connectivity index (χ1n) is 8.73. The quantitative estimate of drug-likeness (QED) is 0.756. The predicted octanol–water partition coefficient (Wildman–Crippen LogP) is 4.30. The Labute approximate surface area is 152 Å². The minimum atomic E-state index is 0.812. The highest BCUT2D eigenvalue weighted by molar-refractivity contribution is 8.03. The van der Waals surface area contributed by atoms with E-state index in [0.717, 1.165) is 31.1 Å². The van der Waals surface area contributed by atoms with Gasteiger partial charge in [0.1, 0.15) is 0 Å². The van der Waals surface area contributed by atoms with Crippen LogP contribution in [-0.4, -0.2) is 28.3 Å². The highest BCUT2D eigenvalue weighted by atomic mass is 35.5. The summed E-state index contributed by atoms with van der Waals surface area (Å²) < 4.78 is 4.84. The third-order valence-corrected chi connectivity index (χ3v) is 6.28. The second-order valence-electron chi connectivity index (χ2n) is 6.23. The van der Waals surface area contributed by atoms with E-state index >= 15 is 0 Å². The number of allylic oxidation sites excluding steroid dienone is 3. The molecule has 0 saturated carbocycles. The average Bonchev–Trinajstić information content (AvgIpc) is 3.27. The lowest BCUT2D eigenvalue weighted by Gasteiger charge is -2.15. The number of hydrogen-bond acceptors (Lipinski definition) is 2. The largest absolute Gasteiger partial charge is 0.366 e. The van der Waals surface area contributed by atoms with Crippen molar-refractivity contribution in [2.75, 3.05) is 18.8 Å². The summed E-state index contributed by atoms with van der Waals surface area (Å²) in [4.78, 5) is 2.46. The second-order valence-corrected chi connectivity index (χ2v) is 7.78. The molecule has 0 radical (unpaired) electrons. The van der Waals surface area contributed by atoms with Crippen LogP contribution in [0.1, 0.15) is 26.1 Å². The highest BCUT2D eigenvalue weighted by Crippen LogP contribution is 2.32. The Morgan fingerprint density at radius 3 is 2.92 bits per heavy atom. The van der Waals surface area contributed by atoms with Crippen LogP contribution in [-0.2, 0) is 13.1 Å². The molecule has 126 valence electrons. The van der Waals surface area contributed by atoms with Crippen LogP contribution < -0.4 is 4.57 Å². The molecule has 0 N–H and O–H groups in total. The molecule has 0 unspecified atom stereocenters. The van der Waals surface area contributed by atoms with Crippen molar-refractivity contribution in [3.63, 3.8) is 0 Å². The minimum absolute atomic E-state index is 0.812. The van der Waals surface area contributed by atoms with Crippen LogP contribution in [0.3, 0.4) is 0 Å². The SMILES string of the molecule is CCN1CCSC1=CC=C1CCn2c1[n+](CC)c1ccc(Cl)cc12. The van der Waals surface area contributed by atoms with Gasteiger partial charge in [0.25, 0.3) is 5.82 Å². The Kier molecular flexibility index (Phi) is 4.35. The maximum absolute atomic E-state index is 6.23. The molecule has 5 heteroatoms. The van der Waals surface area contributed by atoms with Gasteiger partial charge in [-0.05, 0) is 38.1 Å². The fourth-order valence-electron chi connectivity index (χ4n) is 3.81. The third kappa shape index (κ3) is 2.56. The third-order valence-electron chi connectivity index (χ3n) is 4.97. The molecular weight excluding hydrogens is 338 g/mol. The number of rotatable bonds is 3. The summed E-state index contributed by atoms with van der Waals surface area (Å²) >= 11 is 8.20. The van der Waals surface area contributed by atoms with Gasteiger partial charge in [-0.25, -0.2) is 9.13 Å². The smallest absolute Gasteiger partial charge is 0.285 e. The monoisotopic (exact) mass is 360 g/mol. The molecule has 24 heavy (non-hydrogen) atoms. The average molecular weight is 361 g/mol. The zero-order valence-electron chi connectivity index (χ0n) is 14.3. The molecule has 0 amide bonds. The van der Waals surface area contributed by atoms with Gasteiger partial charge in [-0.3, -0.25) is 0 Å². The molecule has 0 aliphatic carbocycles. The number of benzene rings is 1. The van der Waals surface area contributed by atoms with Gasteiger partial charge >= 0.3 is 0 Å². The lowest BCUT2D eigenvalue weighted by Crippen LogP contribution is -2.35. The zero-order chi connectivity index (χ0) is 16.7. The standard InChI is InChI=1S/C19H23ClN3S/c1-3-21-11-12-24-18(21)8-5-14-9-10-23-17-13-15(20)6-7-16(17)22(4-2)19(14)23/h5-8,13H,3-4,9-12H2,1-2H3/q+1. The first-order valence-corrected chi connectivity index (χ1v) is 10.1. The minimum Gasteiger partial charge on any atom is -0.366 e. The topological polar surface area (TPSA) is 12.1 Å². The number of halogens is 1. The number of fused-ring (bicyclic) bond motifs is 3. The Morgan fingerprint density at radius 2 is 2.12 bits per heavy atom. The molecule has 0 atom stereocenters. The van der Waals surface area contributed by atoms with E-state index in [-0.39, 0.29) is 0 Å². The van der Waals surface area contributed by atoms with E-state index in [9.17, 15) is 0 Å². The molecule has 3 heterocycles. The van der Waals surface area contributed by atoms with Crippen molar-refractivity contribution in [2.24, 2.45) is 0 Å². The fourth-order valence-corrected chi connectivity index (χ4v) is 5.07. The summed E-state index contributed by atoms with van der Waals surface area (Å²) in [5.74, 6) is 2.55. The van der Waals surface area contributed by atoms with Crippen LogP contribution in [0.25, 0.3) is 16.6 Å². The van der Waals surface area contributed by atoms with Gasteiger partial charge in [-0.15, -0.1) is 11.8 Å². The highest BCUT2D eigenvalue weighted by Gasteiger charge is 2.32. The van der Waals surface area contributed by atoms with Crippen LogP contribution in [0.2, 0.25) is 5.02 Å². The second kappa shape index (κ2) is 6.49. The van der Waals surface area contributed by atoms with Gasteiger partial charge in [-0.1, -0.05) is 11.6 Å². The van der Waals surface area contributed by atoms with Crippen molar-refractivity contribution in [2.45, 2.75) is 33.4 Å². The molecule has 0 spiro atoms. The zero-order valence-corrected chi connectivity index (χ0v) is 15.8. The van der Waals surface area contributed by atoms with E-state index in [4.69, 9.17) is 11.6 Å². The Balaban J connectivity index is 1.80. The van der Waals surface area contributed by atoms with Crippen molar-refractivity contribution >= 4 is 40.0 Å². The van der Waals surface area contributed by atoms with Crippen LogP contribution in [0.15, 0.2) is 35.4 Å². The molecule has 2 aliphatic heterocycles. The lowest BCUT2D eigenvalue weighted by atomic mass is 10.2. The summed E-state index contributed by atoms with van der Waals surface area (Å²) in [5.41, 5.74) is 3.96. The maximum atomic E-state index is 6.23. The number of nitrogens with zero attached hydrogens (tertiary/aromatic N) is 3. The summed E-state index contributed by atoms with van der Waals surface area (Å²) in [6.45, 7) is 8.73. The van der Waals surface area contributed by atoms with Gasteiger partial charge < -0.3 is 4.90 Å². The number of thioether (sulfide) groups is 1. The Bertz CT molecular complexity index is 850. The van der Waals surface area contributed by atoms with Crippen molar-refractivity contribution in [3.05, 3.63) is 46.2 Å². The number of aromatic nitrogens is 2. The molecule has 0 bridgehead atoms. The predicted molar refractivity (Wildman–Crippen MR) is 103 cm³/mol. The fraction of sp³-hybridized carbons (Fsp3) is 0.421. The van der Waals surface area contributed by atoms with Crippen LogP contribution >= 0.6 is 23.4 Å². The van der Waals surface area contributed by atoms with E-state index in [0.29, 0.717) is 0 Å². The summed E-state index contributed by atoms with van der Waals surface area (Å²) in [5, 5.41) is 2.22. The van der Waals surface area contributed by atoms with Gasteiger partial charge in [0.15, 0.2) is 11.0 Å². The van der Waals surface area contributed by atoms with E-state index in [1.54, 1.807) is 0 Å². The first-order chi connectivity index (χ1) is 11.7. The summed E-state index contributed by atoms with van der Waals surface area (Å²) in [6.07, 6.45) is 5.75. The van der Waals surface area contributed by atoms with Crippen LogP contribution in [0.4, 0.5) is 0 Å². The Hall–Kier alpha value is -1.39. The summed E-state index contributed by atoms with van der Waals surface area (Å²) in [6, 6.07) is 6.24. The first kappa shape index (κ1) is 16.1. The molecule has 1 fully saturated rings. The van der Waals surface area contributed by atoms with Crippen molar-refractivity contribution in [1.82, 2.24) is 9.47 Å². The lowest BCUT2D eigenvalue weighted by molar-refractivity contribution is -0.670. The number of imidazole rings is 1. The van der Waals surface area contributed by atoms with Crippen molar-refractivity contribution < 1.29 is 4.57 Å². The molecule has 1 aromatic carbocycles. The van der Waals surface area contributed by atoms with Gasteiger partial charge in [0.05, 0.1) is 18.1 Å². The summed E-state index contributed by atoms with van der Waals surface area (Å²) in [7, 11) is 0. The van der Waals surface area contributed by atoms with E-state index in [1.165, 1.54) is 39.8 Å². The van der Waals surface area contributed by atoms with Crippen molar-refractivity contribution in [3.8, 4) is 0 Å². The molecule has 4 rings (SSSR count). The van der Waals surface area contributed by atoms with Gasteiger partial charge in [0.2, 0.25) is 0 Å². The number of hydrogen-bond donors (Lipinski definition) is 0. The van der Waals surface area contributed by atoms with Gasteiger partial charge in [-0.2, -0.15) is 0 Å².